The highest BCUT2D eigenvalue weighted by atomic mass is 127. The molecule has 1 aliphatic heterocycles. The number of halogens is 1. The van der Waals surface area contributed by atoms with Gasteiger partial charge in [-0.05, 0) is 25.2 Å². The van der Waals surface area contributed by atoms with Crippen LogP contribution in [0.5, 0.6) is 0 Å². The van der Waals surface area contributed by atoms with E-state index in [0.717, 1.165) is 23.7 Å². The van der Waals surface area contributed by atoms with E-state index in [-0.39, 0.29) is 11.8 Å². The summed E-state index contributed by atoms with van der Waals surface area (Å²) in [5.74, 6) is 0.480. The molecule has 0 aromatic carbocycles. The van der Waals surface area contributed by atoms with Crippen molar-refractivity contribution in [2.75, 3.05) is 11.0 Å². The van der Waals surface area contributed by atoms with E-state index in [1.165, 1.54) is 5.01 Å². The molecule has 0 bridgehead atoms. The Labute approximate surface area is 110 Å². The van der Waals surface area contributed by atoms with Crippen LogP contribution in [0.2, 0.25) is 0 Å². The summed E-state index contributed by atoms with van der Waals surface area (Å²) in [5, 5.41) is 1.50. The van der Waals surface area contributed by atoms with Crippen LogP contribution in [-0.4, -0.2) is 27.8 Å². The molecule has 4 nitrogen and oxygen atoms in total. The van der Waals surface area contributed by atoms with Gasteiger partial charge < -0.3 is 0 Å². The maximum Gasteiger partial charge on any atom is 0.241 e. The number of hydrogen-bond acceptors (Lipinski definition) is 2. The molecule has 16 heavy (non-hydrogen) atoms. The molecule has 1 heterocycles. The Balaban J connectivity index is 2.47. The van der Waals surface area contributed by atoms with Gasteiger partial charge in [0.15, 0.2) is 0 Å². The summed E-state index contributed by atoms with van der Waals surface area (Å²) in [6.45, 7) is 2.61. The molecule has 1 unspecified atom stereocenters. The maximum atomic E-state index is 11.8. The van der Waals surface area contributed by atoms with E-state index in [0.29, 0.717) is 25.3 Å². The Bertz CT molecular complexity index is 258. The molecule has 1 N–H and O–H groups in total. The fourth-order valence-corrected chi connectivity index (χ4v) is 2.56. The third-order valence-corrected chi connectivity index (χ3v) is 3.96. The number of carbonyl (C=O) groups excluding carboxylic acids is 2. The SMILES string of the molecule is CCCC(=O)NN1CCCC(CI)CC1=O. The second-order valence-electron chi connectivity index (χ2n) is 4.20. The Kier molecular flexibility index (Phi) is 6.08. The van der Waals surface area contributed by atoms with Gasteiger partial charge in [0.05, 0.1) is 0 Å². The predicted molar refractivity (Wildman–Crippen MR) is 71.0 cm³/mol. The lowest BCUT2D eigenvalue weighted by Gasteiger charge is -2.21. The number of nitrogens with one attached hydrogen (secondary N) is 1. The van der Waals surface area contributed by atoms with Gasteiger partial charge in [-0.3, -0.25) is 20.0 Å². The molecule has 1 rings (SSSR count). The highest BCUT2D eigenvalue weighted by Gasteiger charge is 2.23. The highest BCUT2D eigenvalue weighted by molar-refractivity contribution is 14.1. The van der Waals surface area contributed by atoms with Gasteiger partial charge >= 0.3 is 0 Å². The fourth-order valence-electron chi connectivity index (χ4n) is 1.81. The first-order chi connectivity index (χ1) is 7.67. The second-order valence-corrected chi connectivity index (χ2v) is 5.08. The fraction of sp³-hybridized carbons (Fsp3) is 0.818. The third kappa shape index (κ3) is 4.27. The predicted octanol–water partition coefficient (Wildman–Crippen LogP) is 1.88. The van der Waals surface area contributed by atoms with Crippen molar-refractivity contribution in [3.8, 4) is 0 Å². The lowest BCUT2D eigenvalue weighted by molar-refractivity contribution is -0.141. The van der Waals surface area contributed by atoms with Crippen LogP contribution >= 0.6 is 22.6 Å². The van der Waals surface area contributed by atoms with Gasteiger partial charge in [0.2, 0.25) is 11.8 Å². The minimum atomic E-state index is -0.0521. The van der Waals surface area contributed by atoms with Crippen LogP contribution < -0.4 is 5.43 Å². The highest BCUT2D eigenvalue weighted by Crippen LogP contribution is 2.19. The molecule has 2 amide bonds. The Morgan fingerprint density at radius 2 is 2.38 bits per heavy atom. The largest absolute Gasteiger partial charge is 0.273 e. The topological polar surface area (TPSA) is 49.4 Å². The standard InChI is InChI=1S/C11H19IN2O2/c1-2-4-10(15)13-14-6-3-5-9(8-12)7-11(14)16/h9H,2-8H2,1H3,(H,13,15). The number of alkyl halides is 1. The molecule has 0 spiro atoms. The van der Waals surface area contributed by atoms with Gasteiger partial charge in [-0.15, -0.1) is 0 Å². The summed E-state index contributed by atoms with van der Waals surface area (Å²) >= 11 is 2.32. The summed E-state index contributed by atoms with van der Waals surface area (Å²) in [6, 6.07) is 0. The van der Waals surface area contributed by atoms with Crippen LogP contribution in [0.3, 0.4) is 0 Å². The molecular formula is C11H19IN2O2. The number of amides is 2. The Morgan fingerprint density at radius 1 is 1.62 bits per heavy atom. The van der Waals surface area contributed by atoms with Crippen molar-refractivity contribution < 1.29 is 9.59 Å². The molecule has 0 radical (unpaired) electrons. The van der Waals surface area contributed by atoms with Crippen LogP contribution in [0.1, 0.15) is 39.0 Å². The monoisotopic (exact) mass is 338 g/mol. The number of nitrogens with zero attached hydrogens (tertiary/aromatic N) is 1. The van der Waals surface area contributed by atoms with Gasteiger partial charge in [0.25, 0.3) is 0 Å². The first kappa shape index (κ1) is 13.7. The van der Waals surface area contributed by atoms with Gasteiger partial charge in [-0.1, -0.05) is 29.5 Å². The van der Waals surface area contributed by atoms with Crippen LogP contribution in [0.25, 0.3) is 0 Å². The first-order valence-electron chi connectivity index (χ1n) is 5.83. The van der Waals surface area contributed by atoms with Crippen molar-refractivity contribution in [3.05, 3.63) is 0 Å². The van der Waals surface area contributed by atoms with Gasteiger partial charge in [0.1, 0.15) is 0 Å². The molecule has 5 heteroatoms. The minimum absolute atomic E-state index is 0.0521. The van der Waals surface area contributed by atoms with Crippen LogP contribution in [-0.2, 0) is 9.59 Å². The van der Waals surface area contributed by atoms with E-state index < -0.39 is 0 Å². The zero-order valence-electron chi connectivity index (χ0n) is 9.67. The van der Waals surface area contributed by atoms with Gasteiger partial charge in [0, 0.05) is 23.8 Å². The zero-order valence-corrected chi connectivity index (χ0v) is 11.8. The zero-order chi connectivity index (χ0) is 12.0. The quantitative estimate of drug-likeness (QED) is 0.629. The molecule has 0 aliphatic carbocycles. The molecule has 0 aromatic heterocycles. The van der Waals surface area contributed by atoms with E-state index in [4.69, 9.17) is 0 Å². The normalized spacial score (nSPS) is 21.8. The molecule has 1 saturated heterocycles. The molecule has 0 saturated carbocycles. The molecule has 0 aromatic rings. The van der Waals surface area contributed by atoms with Crippen molar-refractivity contribution in [1.82, 2.24) is 10.4 Å². The van der Waals surface area contributed by atoms with Gasteiger partial charge in [-0.2, -0.15) is 0 Å². The first-order valence-corrected chi connectivity index (χ1v) is 7.35. The summed E-state index contributed by atoms with van der Waals surface area (Å²) in [4.78, 5) is 23.2. The van der Waals surface area contributed by atoms with Gasteiger partial charge in [-0.25, -0.2) is 0 Å². The van der Waals surface area contributed by atoms with Crippen molar-refractivity contribution in [1.29, 1.82) is 0 Å². The summed E-state index contributed by atoms with van der Waals surface area (Å²) in [7, 11) is 0. The molecule has 92 valence electrons. The van der Waals surface area contributed by atoms with E-state index in [1.807, 2.05) is 6.92 Å². The van der Waals surface area contributed by atoms with E-state index in [2.05, 4.69) is 28.0 Å². The third-order valence-electron chi connectivity index (χ3n) is 2.71. The van der Waals surface area contributed by atoms with E-state index in [1.54, 1.807) is 0 Å². The Morgan fingerprint density at radius 3 is 3.00 bits per heavy atom. The second kappa shape index (κ2) is 7.09. The number of hydrazine groups is 1. The average Bonchev–Trinajstić information content (AvgIpc) is 2.42. The van der Waals surface area contributed by atoms with Crippen molar-refractivity contribution in [3.63, 3.8) is 0 Å². The molecule has 1 fully saturated rings. The van der Waals surface area contributed by atoms with Crippen LogP contribution in [0, 0.1) is 5.92 Å². The number of carbonyl (C=O) groups is 2. The van der Waals surface area contributed by atoms with Crippen LogP contribution in [0.15, 0.2) is 0 Å². The molecule has 1 aliphatic rings. The summed E-state index contributed by atoms with van der Waals surface area (Å²) in [5.41, 5.74) is 2.70. The van der Waals surface area contributed by atoms with Crippen molar-refractivity contribution >= 4 is 34.4 Å². The van der Waals surface area contributed by atoms with Crippen LogP contribution in [0.4, 0.5) is 0 Å². The summed E-state index contributed by atoms with van der Waals surface area (Å²) in [6.07, 6.45) is 3.92. The number of hydrogen-bond donors (Lipinski definition) is 1. The van der Waals surface area contributed by atoms with Crippen molar-refractivity contribution in [2.24, 2.45) is 5.92 Å². The van der Waals surface area contributed by atoms with E-state index >= 15 is 0 Å². The average molecular weight is 338 g/mol. The molecule has 1 atom stereocenters. The van der Waals surface area contributed by atoms with E-state index in [9.17, 15) is 9.59 Å². The van der Waals surface area contributed by atoms with Crippen molar-refractivity contribution in [2.45, 2.75) is 39.0 Å². The minimum Gasteiger partial charge on any atom is -0.273 e. The molecular weight excluding hydrogens is 319 g/mol. The lowest BCUT2D eigenvalue weighted by Crippen LogP contribution is -2.46. The number of rotatable bonds is 4. The Hall–Kier alpha value is -0.330. The smallest absolute Gasteiger partial charge is 0.241 e. The maximum absolute atomic E-state index is 11.8. The summed E-state index contributed by atoms with van der Waals surface area (Å²) < 4.78 is 1.01. The lowest BCUT2D eigenvalue weighted by atomic mass is 10.0.